The minimum atomic E-state index is -4.47. The molecule has 98 valence electrons. The van der Waals surface area contributed by atoms with Crippen molar-refractivity contribution in [1.82, 2.24) is 5.32 Å². The SMILES string of the molecule is CCNCC.O=S(=O)(O)c1cccc(O)c1O. The highest BCUT2D eigenvalue weighted by Gasteiger charge is 2.16. The molecule has 0 atom stereocenters. The number of nitrogens with one attached hydrogen (secondary N) is 1. The second-order valence-electron chi connectivity index (χ2n) is 3.06. The minimum absolute atomic E-state index is 0.592. The topological polar surface area (TPSA) is 107 Å². The van der Waals surface area contributed by atoms with Gasteiger partial charge in [0.15, 0.2) is 11.5 Å². The van der Waals surface area contributed by atoms with Gasteiger partial charge in [0.05, 0.1) is 0 Å². The first-order chi connectivity index (χ1) is 7.84. The van der Waals surface area contributed by atoms with Crippen molar-refractivity contribution in [2.45, 2.75) is 18.7 Å². The highest BCUT2D eigenvalue weighted by molar-refractivity contribution is 7.86. The molecule has 1 aromatic carbocycles. The largest absolute Gasteiger partial charge is 0.504 e. The summed E-state index contributed by atoms with van der Waals surface area (Å²) in [5, 5.41) is 20.9. The predicted octanol–water partition coefficient (Wildman–Crippen LogP) is 0.960. The molecule has 0 saturated heterocycles. The second kappa shape index (κ2) is 7.10. The lowest BCUT2D eigenvalue weighted by atomic mass is 10.3. The number of aromatic hydroxyl groups is 2. The van der Waals surface area contributed by atoms with E-state index in [0.717, 1.165) is 25.2 Å². The Labute approximate surface area is 101 Å². The van der Waals surface area contributed by atoms with Gasteiger partial charge in [-0.2, -0.15) is 8.42 Å². The fourth-order valence-corrected chi connectivity index (χ4v) is 1.57. The van der Waals surface area contributed by atoms with Crippen LogP contribution in [-0.4, -0.2) is 36.3 Å². The number of phenols is 2. The first kappa shape index (κ1) is 15.7. The van der Waals surface area contributed by atoms with Crippen LogP contribution in [0.4, 0.5) is 0 Å². The van der Waals surface area contributed by atoms with Gasteiger partial charge in [-0.25, -0.2) is 0 Å². The van der Waals surface area contributed by atoms with Crippen LogP contribution in [0.5, 0.6) is 11.5 Å². The first-order valence-electron chi connectivity index (χ1n) is 5.03. The first-order valence-corrected chi connectivity index (χ1v) is 6.47. The van der Waals surface area contributed by atoms with Crippen molar-refractivity contribution in [3.8, 4) is 11.5 Å². The molecule has 0 amide bonds. The Kier molecular flexibility index (Phi) is 6.55. The Hall–Kier alpha value is -1.31. The molecule has 0 heterocycles. The number of hydrogen-bond donors (Lipinski definition) is 4. The van der Waals surface area contributed by atoms with Gasteiger partial charge in [-0.05, 0) is 25.2 Å². The summed E-state index contributed by atoms with van der Waals surface area (Å²) in [6.07, 6.45) is 0. The number of rotatable bonds is 3. The van der Waals surface area contributed by atoms with Gasteiger partial charge in [-0.15, -0.1) is 0 Å². The van der Waals surface area contributed by atoms with Crippen molar-refractivity contribution in [2.75, 3.05) is 13.1 Å². The molecule has 0 fully saturated rings. The van der Waals surface area contributed by atoms with Gasteiger partial charge in [-0.1, -0.05) is 19.9 Å². The lowest BCUT2D eigenvalue weighted by molar-refractivity contribution is 0.389. The van der Waals surface area contributed by atoms with E-state index in [4.69, 9.17) is 14.8 Å². The van der Waals surface area contributed by atoms with E-state index in [1.807, 2.05) is 0 Å². The summed E-state index contributed by atoms with van der Waals surface area (Å²) in [6, 6.07) is 3.27. The van der Waals surface area contributed by atoms with Crippen molar-refractivity contribution in [2.24, 2.45) is 0 Å². The Bertz CT molecular complexity index is 442. The van der Waals surface area contributed by atoms with Crippen molar-refractivity contribution >= 4 is 10.1 Å². The molecule has 0 spiro atoms. The monoisotopic (exact) mass is 263 g/mol. The summed E-state index contributed by atoms with van der Waals surface area (Å²) < 4.78 is 29.5. The summed E-state index contributed by atoms with van der Waals surface area (Å²) >= 11 is 0. The smallest absolute Gasteiger partial charge is 0.298 e. The molecule has 0 aromatic heterocycles. The van der Waals surface area contributed by atoms with Crippen molar-refractivity contribution in [3.05, 3.63) is 18.2 Å². The van der Waals surface area contributed by atoms with Crippen LogP contribution in [0.1, 0.15) is 13.8 Å². The van der Waals surface area contributed by atoms with Gasteiger partial charge in [-0.3, -0.25) is 4.55 Å². The zero-order valence-corrected chi connectivity index (χ0v) is 10.5. The van der Waals surface area contributed by atoms with Gasteiger partial charge in [0, 0.05) is 0 Å². The maximum atomic E-state index is 10.5. The van der Waals surface area contributed by atoms with Crippen LogP contribution in [0.25, 0.3) is 0 Å². The van der Waals surface area contributed by atoms with Crippen LogP contribution in [0, 0.1) is 0 Å². The molecule has 0 aliphatic carbocycles. The van der Waals surface area contributed by atoms with E-state index in [-0.39, 0.29) is 0 Å². The number of phenolic OH excluding ortho intramolecular Hbond substituents is 2. The van der Waals surface area contributed by atoms with E-state index in [2.05, 4.69) is 19.2 Å². The molecular formula is C10H17NO5S. The number of benzene rings is 1. The fourth-order valence-electron chi connectivity index (χ4n) is 0.969. The zero-order valence-electron chi connectivity index (χ0n) is 9.71. The molecule has 0 radical (unpaired) electrons. The zero-order chi connectivity index (χ0) is 13.5. The third kappa shape index (κ3) is 5.53. The highest BCUT2D eigenvalue weighted by atomic mass is 32.2. The standard InChI is InChI=1S/C6H6O5S.C4H11N/c7-4-2-1-3-5(6(4)8)12(9,10)11;1-3-5-4-2/h1-3,7-8H,(H,9,10,11);5H,3-4H2,1-2H3. The van der Waals surface area contributed by atoms with Crippen LogP contribution in [0.2, 0.25) is 0 Å². The van der Waals surface area contributed by atoms with E-state index in [9.17, 15) is 8.42 Å². The Morgan fingerprint density at radius 2 is 1.71 bits per heavy atom. The average molecular weight is 263 g/mol. The average Bonchev–Trinajstić information content (AvgIpc) is 2.22. The molecule has 6 nitrogen and oxygen atoms in total. The Morgan fingerprint density at radius 1 is 1.18 bits per heavy atom. The summed E-state index contributed by atoms with van der Waals surface area (Å²) in [6.45, 7) is 6.39. The van der Waals surface area contributed by atoms with Gasteiger partial charge < -0.3 is 15.5 Å². The van der Waals surface area contributed by atoms with Crippen molar-refractivity contribution in [3.63, 3.8) is 0 Å². The lowest BCUT2D eigenvalue weighted by Gasteiger charge is -2.01. The molecule has 7 heteroatoms. The quantitative estimate of drug-likeness (QED) is 0.478. The van der Waals surface area contributed by atoms with Crippen LogP contribution < -0.4 is 5.32 Å². The van der Waals surface area contributed by atoms with E-state index >= 15 is 0 Å². The lowest BCUT2D eigenvalue weighted by Crippen LogP contribution is -2.09. The maximum Gasteiger partial charge on any atom is 0.298 e. The van der Waals surface area contributed by atoms with Crippen LogP contribution in [-0.2, 0) is 10.1 Å². The third-order valence-corrected chi connectivity index (χ3v) is 2.64. The van der Waals surface area contributed by atoms with Gasteiger partial charge in [0.25, 0.3) is 10.1 Å². The number of hydrogen-bond acceptors (Lipinski definition) is 5. The Balaban J connectivity index is 0.000000437. The fraction of sp³-hybridized carbons (Fsp3) is 0.400. The van der Waals surface area contributed by atoms with Crippen molar-refractivity contribution in [1.29, 1.82) is 0 Å². The summed E-state index contributed by atoms with van der Waals surface area (Å²) in [4.78, 5) is -0.706. The molecule has 1 aromatic rings. The van der Waals surface area contributed by atoms with E-state index in [0.29, 0.717) is 0 Å². The second-order valence-corrected chi connectivity index (χ2v) is 4.45. The maximum absolute atomic E-state index is 10.5. The molecule has 0 aliphatic heterocycles. The van der Waals surface area contributed by atoms with Gasteiger partial charge in [0.1, 0.15) is 4.90 Å². The normalized spacial score (nSPS) is 10.5. The molecule has 0 bridgehead atoms. The molecule has 0 unspecified atom stereocenters. The van der Waals surface area contributed by atoms with Crippen LogP contribution >= 0.6 is 0 Å². The molecule has 0 aliphatic rings. The number of para-hydroxylation sites is 1. The predicted molar refractivity (Wildman–Crippen MR) is 63.8 cm³/mol. The summed E-state index contributed by atoms with van der Waals surface area (Å²) in [7, 11) is -4.47. The molecule has 0 saturated carbocycles. The molecular weight excluding hydrogens is 246 g/mol. The van der Waals surface area contributed by atoms with Crippen molar-refractivity contribution < 1.29 is 23.2 Å². The molecule has 4 N–H and O–H groups in total. The third-order valence-electron chi connectivity index (χ3n) is 1.76. The van der Waals surface area contributed by atoms with Crippen LogP contribution in [0.15, 0.2) is 23.1 Å². The van der Waals surface area contributed by atoms with E-state index in [1.165, 1.54) is 6.07 Å². The van der Waals surface area contributed by atoms with Crippen LogP contribution in [0.3, 0.4) is 0 Å². The van der Waals surface area contributed by atoms with Gasteiger partial charge >= 0.3 is 0 Å². The van der Waals surface area contributed by atoms with Gasteiger partial charge in [0.2, 0.25) is 0 Å². The highest BCUT2D eigenvalue weighted by Crippen LogP contribution is 2.31. The summed E-state index contributed by atoms with van der Waals surface area (Å²) in [5.41, 5.74) is 0. The minimum Gasteiger partial charge on any atom is -0.504 e. The molecule has 17 heavy (non-hydrogen) atoms. The van der Waals surface area contributed by atoms with E-state index in [1.54, 1.807) is 0 Å². The Morgan fingerprint density at radius 3 is 2.00 bits per heavy atom. The van der Waals surface area contributed by atoms with E-state index < -0.39 is 26.5 Å². The molecule has 1 rings (SSSR count). The summed E-state index contributed by atoms with van der Waals surface area (Å²) in [5.74, 6) is -1.44.